The molecule has 1 saturated heterocycles. The Morgan fingerprint density at radius 1 is 1.24 bits per heavy atom. The predicted molar refractivity (Wildman–Crippen MR) is 62.0 cm³/mol. The second kappa shape index (κ2) is 7.25. The third-order valence-electron chi connectivity index (χ3n) is 2.07. The van der Waals surface area contributed by atoms with Gasteiger partial charge < -0.3 is 4.74 Å². The van der Waals surface area contributed by atoms with Crippen LogP contribution in [0.4, 0.5) is 11.4 Å². The maximum atomic E-state index is 9.90. The van der Waals surface area contributed by atoms with Crippen molar-refractivity contribution in [2.45, 2.75) is 19.4 Å². The number of aliphatic imine (C=N–C) groups is 2. The summed E-state index contributed by atoms with van der Waals surface area (Å²) < 4.78 is 4.86. The number of nitrogens with zero attached hydrogens (tertiary/aromatic N) is 2. The summed E-state index contributed by atoms with van der Waals surface area (Å²) in [5.41, 5.74) is 0.631. The number of para-hydroxylation sites is 2. The Hall–Kier alpha value is -2.06. The van der Waals surface area contributed by atoms with E-state index >= 15 is 0 Å². The molecule has 0 bridgehead atoms. The molecule has 0 aromatic heterocycles. The molecule has 5 nitrogen and oxygen atoms in total. The van der Waals surface area contributed by atoms with Crippen LogP contribution in [-0.4, -0.2) is 24.9 Å². The van der Waals surface area contributed by atoms with E-state index in [4.69, 9.17) is 4.74 Å². The lowest BCUT2D eigenvalue weighted by molar-refractivity contribution is 0.403. The summed E-state index contributed by atoms with van der Waals surface area (Å²) in [7, 11) is 0. The summed E-state index contributed by atoms with van der Waals surface area (Å²) in [5.74, 6) is 0. The van der Waals surface area contributed by atoms with E-state index in [1.165, 1.54) is 18.6 Å². The summed E-state index contributed by atoms with van der Waals surface area (Å²) in [5, 5.41) is 0. The maximum absolute atomic E-state index is 9.90. The lowest BCUT2D eigenvalue weighted by atomic mass is 10.3. The minimum Gasteiger partial charge on any atom is -0.373 e. The Bertz CT molecular complexity index is 420. The SMILES string of the molecule is CCC1CO1.O=C=Nc1ccccc1N=C=O. The number of carbonyl (C=O) groups excluding carboxylic acids is 2. The Morgan fingerprint density at radius 3 is 1.94 bits per heavy atom. The number of isocyanates is 2. The second-order valence-electron chi connectivity index (χ2n) is 3.26. The fourth-order valence-corrected chi connectivity index (χ4v) is 1.06. The lowest BCUT2D eigenvalue weighted by Gasteiger charge is -1.92. The molecule has 0 aliphatic carbocycles. The number of ether oxygens (including phenoxy) is 1. The molecule has 1 aliphatic rings. The van der Waals surface area contributed by atoms with Crippen molar-refractivity contribution in [1.29, 1.82) is 0 Å². The maximum Gasteiger partial charge on any atom is 0.240 e. The third-order valence-corrected chi connectivity index (χ3v) is 2.07. The molecule has 5 heteroatoms. The van der Waals surface area contributed by atoms with Crippen LogP contribution in [0.1, 0.15) is 13.3 Å². The van der Waals surface area contributed by atoms with E-state index in [9.17, 15) is 9.59 Å². The van der Waals surface area contributed by atoms with E-state index in [1.54, 1.807) is 24.3 Å². The fraction of sp³-hybridized carbons (Fsp3) is 0.333. The highest BCUT2D eigenvalue weighted by Gasteiger charge is 2.18. The van der Waals surface area contributed by atoms with Gasteiger partial charge in [0.2, 0.25) is 12.2 Å². The van der Waals surface area contributed by atoms with E-state index in [-0.39, 0.29) is 0 Å². The van der Waals surface area contributed by atoms with Crippen LogP contribution in [0.15, 0.2) is 34.3 Å². The zero-order valence-corrected chi connectivity index (χ0v) is 9.42. The molecule has 1 aromatic rings. The first-order chi connectivity index (χ1) is 8.31. The smallest absolute Gasteiger partial charge is 0.240 e. The van der Waals surface area contributed by atoms with E-state index in [0.29, 0.717) is 17.5 Å². The normalized spacial score (nSPS) is 15.7. The van der Waals surface area contributed by atoms with Crippen LogP contribution in [0.2, 0.25) is 0 Å². The first-order valence-corrected chi connectivity index (χ1v) is 5.18. The van der Waals surface area contributed by atoms with Gasteiger partial charge in [-0.3, -0.25) is 0 Å². The molecule has 88 valence electrons. The molecule has 0 saturated carbocycles. The van der Waals surface area contributed by atoms with Crippen LogP contribution < -0.4 is 0 Å². The average Bonchev–Trinajstić information content (AvgIpc) is 3.17. The van der Waals surface area contributed by atoms with E-state index < -0.39 is 0 Å². The molecule has 1 aliphatic heterocycles. The Kier molecular flexibility index (Phi) is 5.55. The van der Waals surface area contributed by atoms with Crippen molar-refractivity contribution >= 4 is 23.5 Å². The van der Waals surface area contributed by atoms with Gasteiger partial charge in [-0.25, -0.2) is 9.59 Å². The number of rotatable bonds is 3. The number of hydrogen-bond donors (Lipinski definition) is 0. The highest BCUT2D eigenvalue weighted by Crippen LogP contribution is 2.25. The number of benzene rings is 1. The highest BCUT2D eigenvalue weighted by atomic mass is 16.6. The average molecular weight is 232 g/mol. The molecule has 1 heterocycles. The van der Waals surface area contributed by atoms with E-state index in [2.05, 4.69) is 16.9 Å². The molecule has 1 atom stereocenters. The molecule has 0 N–H and O–H groups in total. The van der Waals surface area contributed by atoms with Crippen LogP contribution in [0.5, 0.6) is 0 Å². The minimum atomic E-state index is 0.316. The Labute approximate surface area is 98.8 Å². The largest absolute Gasteiger partial charge is 0.373 e. The summed E-state index contributed by atoms with van der Waals surface area (Å²) in [4.78, 5) is 26.5. The van der Waals surface area contributed by atoms with Crippen LogP contribution in [0.25, 0.3) is 0 Å². The van der Waals surface area contributed by atoms with Crippen molar-refractivity contribution in [2.24, 2.45) is 9.98 Å². The second-order valence-corrected chi connectivity index (χ2v) is 3.26. The fourth-order valence-electron chi connectivity index (χ4n) is 1.06. The van der Waals surface area contributed by atoms with Crippen LogP contribution in [0, 0.1) is 0 Å². The number of epoxide rings is 1. The Balaban J connectivity index is 0.000000239. The molecule has 0 amide bonds. The van der Waals surface area contributed by atoms with E-state index in [0.717, 1.165) is 6.61 Å². The van der Waals surface area contributed by atoms with Gasteiger partial charge in [0, 0.05) is 0 Å². The van der Waals surface area contributed by atoms with Crippen molar-refractivity contribution in [2.75, 3.05) is 6.61 Å². The van der Waals surface area contributed by atoms with Gasteiger partial charge in [-0.05, 0) is 18.6 Å². The zero-order chi connectivity index (χ0) is 12.5. The summed E-state index contributed by atoms with van der Waals surface area (Å²) in [6.07, 6.45) is 4.56. The topological polar surface area (TPSA) is 71.4 Å². The molecule has 0 spiro atoms. The van der Waals surface area contributed by atoms with Crippen LogP contribution >= 0.6 is 0 Å². The molecular weight excluding hydrogens is 220 g/mol. The van der Waals surface area contributed by atoms with Gasteiger partial charge >= 0.3 is 0 Å². The third kappa shape index (κ3) is 5.00. The van der Waals surface area contributed by atoms with E-state index in [1.807, 2.05) is 0 Å². The van der Waals surface area contributed by atoms with Crippen molar-refractivity contribution in [1.82, 2.24) is 0 Å². The first kappa shape index (κ1) is 13.0. The van der Waals surface area contributed by atoms with Gasteiger partial charge in [0.25, 0.3) is 0 Å². The van der Waals surface area contributed by atoms with Gasteiger partial charge in [-0.1, -0.05) is 19.1 Å². The molecule has 17 heavy (non-hydrogen) atoms. The highest BCUT2D eigenvalue weighted by molar-refractivity contribution is 5.67. The predicted octanol–water partition coefficient (Wildman–Crippen LogP) is 2.42. The molecule has 1 aromatic carbocycles. The molecule has 1 fully saturated rings. The van der Waals surface area contributed by atoms with Crippen molar-refractivity contribution in [3.8, 4) is 0 Å². The lowest BCUT2D eigenvalue weighted by Crippen LogP contribution is -1.73. The van der Waals surface area contributed by atoms with Crippen molar-refractivity contribution < 1.29 is 14.3 Å². The minimum absolute atomic E-state index is 0.316. The van der Waals surface area contributed by atoms with Crippen LogP contribution in [-0.2, 0) is 14.3 Å². The quantitative estimate of drug-likeness (QED) is 0.456. The van der Waals surface area contributed by atoms with Crippen molar-refractivity contribution in [3.63, 3.8) is 0 Å². The molecule has 1 unspecified atom stereocenters. The summed E-state index contributed by atoms with van der Waals surface area (Å²) >= 11 is 0. The Morgan fingerprint density at radius 2 is 1.71 bits per heavy atom. The molecule has 2 rings (SSSR count). The zero-order valence-electron chi connectivity index (χ0n) is 9.42. The number of hydrogen-bond acceptors (Lipinski definition) is 5. The molecular formula is C12H12N2O3. The standard InChI is InChI=1S/C8H4N2O2.C4H8O/c11-5-9-7-3-1-2-4-8(7)10-6-12;1-2-4-3-5-4/h1-4H;4H,2-3H2,1H3. The van der Waals surface area contributed by atoms with Crippen molar-refractivity contribution in [3.05, 3.63) is 24.3 Å². The summed E-state index contributed by atoms with van der Waals surface area (Å²) in [6.45, 7) is 3.15. The summed E-state index contributed by atoms with van der Waals surface area (Å²) in [6, 6.07) is 6.47. The van der Waals surface area contributed by atoms with Gasteiger partial charge in [0.05, 0.1) is 12.7 Å². The first-order valence-electron chi connectivity index (χ1n) is 5.18. The van der Waals surface area contributed by atoms with Gasteiger partial charge in [0.15, 0.2) is 0 Å². The monoisotopic (exact) mass is 232 g/mol. The van der Waals surface area contributed by atoms with Gasteiger partial charge in [0.1, 0.15) is 11.4 Å². The molecule has 0 radical (unpaired) electrons. The van der Waals surface area contributed by atoms with Gasteiger partial charge in [-0.15, -0.1) is 0 Å². The van der Waals surface area contributed by atoms with Crippen LogP contribution in [0.3, 0.4) is 0 Å². The van der Waals surface area contributed by atoms with Gasteiger partial charge in [-0.2, -0.15) is 9.98 Å².